The molecular weight excluding hydrogens is 479 g/mol. The van der Waals surface area contributed by atoms with Gasteiger partial charge in [0.2, 0.25) is 5.91 Å². The van der Waals surface area contributed by atoms with Gasteiger partial charge in [0.1, 0.15) is 5.84 Å². The maximum absolute atomic E-state index is 12.6. The highest BCUT2D eigenvalue weighted by molar-refractivity contribution is 6.34. The summed E-state index contributed by atoms with van der Waals surface area (Å²) in [5.41, 5.74) is 1.53. The van der Waals surface area contributed by atoms with Gasteiger partial charge in [-0.05, 0) is 54.8 Å². The van der Waals surface area contributed by atoms with Crippen molar-refractivity contribution in [2.45, 2.75) is 38.1 Å². The van der Waals surface area contributed by atoms with Gasteiger partial charge in [-0.15, -0.1) is 0 Å². The molecule has 1 unspecified atom stereocenters. The average Bonchev–Trinajstić information content (AvgIpc) is 3.05. The first kappa shape index (κ1) is 25.5. The number of aliphatic imine (C=N–C) groups is 1. The van der Waals surface area contributed by atoms with Gasteiger partial charge in [-0.1, -0.05) is 35.7 Å². The largest absolute Gasteiger partial charge is 0.550 e. The third-order valence-corrected chi connectivity index (χ3v) is 5.63. The van der Waals surface area contributed by atoms with E-state index in [1.807, 2.05) is 6.07 Å². The minimum absolute atomic E-state index is 0.303. The van der Waals surface area contributed by atoms with Crippen LogP contribution in [0.25, 0.3) is 0 Å². The van der Waals surface area contributed by atoms with Gasteiger partial charge in [0.05, 0.1) is 12.6 Å². The van der Waals surface area contributed by atoms with Gasteiger partial charge in [0.15, 0.2) is 0 Å². The number of carboxylic acid groups (broad SMARTS) is 1. The lowest BCUT2D eigenvalue weighted by atomic mass is 10.0. The lowest BCUT2D eigenvalue weighted by Crippen LogP contribution is -2.40. The van der Waals surface area contributed by atoms with Crippen LogP contribution in [0.4, 0.5) is 5.69 Å². The molecule has 34 heavy (non-hydrogen) atoms. The number of carboxylic acids is 1. The number of anilines is 1. The van der Waals surface area contributed by atoms with E-state index in [9.17, 15) is 19.5 Å². The van der Waals surface area contributed by atoms with Gasteiger partial charge >= 0.3 is 0 Å². The number of amides is 2. The Morgan fingerprint density at radius 3 is 2.53 bits per heavy atom. The molecule has 2 aromatic carbocycles. The van der Waals surface area contributed by atoms with E-state index in [4.69, 9.17) is 23.2 Å². The molecule has 3 rings (SSSR count). The standard InChI is InChI=1S/C24H26Cl2N4O4/c25-17-9-16(10-18(26)12-17)20(13-23(32)33)30-22(31)14-28-24(34)15-5-4-6-19(11-15)29-21-7-2-1-3-8-27-21/h4-6,9-12,20H,1-3,7-8,13-14H2,(H,27,29)(H,28,34)(H,30,31)(H,32,33)/p-1. The van der Waals surface area contributed by atoms with Crippen LogP contribution in [0, 0.1) is 0 Å². The molecule has 10 heteroatoms. The van der Waals surface area contributed by atoms with Gasteiger partial charge in [-0.25, -0.2) is 0 Å². The minimum Gasteiger partial charge on any atom is -0.550 e. The molecule has 0 aromatic heterocycles. The molecule has 2 aromatic rings. The number of nitrogens with one attached hydrogen (secondary N) is 3. The number of nitrogens with zero attached hydrogens (tertiary/aromatic N) is 1. The summed E-state index contributed by atoms with van der Waals surface area (Å²) in [6, 6.07) is 10.5. The predicted molar refractivity (Wildman–Crippen MR) is 130 cm³/mol. The molecule has 0 bridgehead atoms. The van der Waals surface area contributed by atoms with Crippen LogP contribution in [0.15, 0.2) is 47.5 Å². The molecule has 1 aliphatic rings. The SMILES string of the molecule is O=C([O-])CC(NC(=O)CNC(=O)c1cccc(NC2=NCCCCC2)c1)c1cc(Cl)cc(Cl)c1. The Labute approximate surface area is 207 Å². The zero-order valence-electron chi connectivity index (χ0n) is 18.4. The van der Waals surface area contributed by atoms with Crippen LogP contribution < -0.4 is 21.1 Å². The van der Waals surface area contributed by atoms with Crippen molar-refractivity contribution in [3.8, 4) is 0 Å². The van der Waals surface area contributed by atoms with Crippen molar-refractivity contribution in [3.05, 3.63) is 63.6 Å². The monoisotopic (exact) mass is 503 g/mol. The fraction of sp³-hybridized carbons (Fsp3) is 0.333. The summed E-state index contributed by atoms with van der Waals surface area (Å²) in [7, 11) is 0. The van der Waals surface area contributed by atoms with Crippen LogP contribution in [-0.2, 0) is 9.59 Å². The summed E-state index contributed by atoms with van der Waals surface area (Å²) >= 11 is 12.0. The average molecular weight is 504 g/mol. The molecule has 1 aliphatic heterocycles. The number of benzene rings is 2. The fourth-order valence-electron chi connectivity index (χ4n) is 3.58. The van der Waals surface area contributed by atoms with E-state index in [-0.39, 0.29) is 6.54 Å². The van der Waals surface area contributed by atoms with Crippen molar-refractivity contribution in [2.75, 3.05) is 18.4 Å². The first-order valence-electron chi connectivity index (χ1n) is 10.9. The van der Waals surface area contributed by atoms with Crippen LogP contribution in [0.1, 0.15) is 54.1 Å². The predicted octanol–water partition coefficient (Wildman–Crippen LogP) is 3.11. The Hall–Kier alpha value is -3.10. The first-order chi connectivity index (χ1) is 16.3. The number of carbonyl (C=O) groups excluding carboxylic acids is 3. The van der Waals surface area contributed by atoms with Crippen LogP contribution in [0.2, 0.25) is 10.0 Å². The molecular formula is C24H25Cl2N4O4-. The maximum atomic E-state index is 12.6. The van der Waals surface area contributed by atoms with Crippen molar-refractivity contribution in [3.63, 3.8) is 0 Å². The van der Waals surface area contributed by atoms with Crippen LogP contribution in [-0.4, -0.2) is 36.7 Å². The van der Waals surface area contributed by atoms with Gasteiger partial charge in [-0.3, -0.25) is 14.6 Å². The molecule has 1 atom stereocenters. The highest BCUT2D eigenvalue weighted by Gasteiger charge is 2.17. The summed E-state index contributed by atoms with van der Waals surface area (Å²) in [4.78, 5) is 40.7. The zero-order chi connectivity index (χ0) is 24.5. The van der Waals surface area contributed by atoms with E-state index in [0.717, 1.165) is 43.8 Å². The highest BCUT2D eigenvalue weighted by Crippen LogP contribution is 2.25. The second kappa shape index (κ2) is 12.4. The highest BCUT2D eigenvalue weighted by atomic mass is 35.5. The molecule has 1 heterocycles. The van der Waals surface area contributed by atoms with Gasteiger partial charge in [0, 0.05) is 46.7 Å². The Morgan fingerprint density at radius 2 is 1.79 bits per heavy atom. The Balaban J connectivity index is 1.59. The third-order valence-electron chi connectivity index (χ3n) is 5.19. The van der Waals surface area contributed by atoms with E-state index in [0.29, 0.717) is 21.2 Å². The zero-order valence-corrected chi connectivity index (χ0v) is 19.9. The van der Waals surface area contributed by atoms with Crippen molar-refractivity contribution < 1.29 is 19.5 Å². The second-order valence-corrected chi connectivity index (χ2v) is 8.80. The van der Waals surface area contributed by atoms with Crippen LogP contribution >= 0.6 is 23.2 Å². The number of halogens is 2. The van der Waals surface area contributed by atoms with E-state index >= 15 is 0 Å². The van der Waals surface area contributed by atoms with E-state index in [2.05, 4.69) is 20.9 Å². The lowest BCUT2D eigenvalue weighted by Gasteiger charge is -2.20. The molecule has 0 spiro atoms. The second-order valence-electron chi connectivity index (χ2n) is 7.93. The van der Waals surface area contributed by atoms with Crippen LogP contribution in [0.5, 0.6) is 0 Å². The number of hydrogen-bond donors (Lipinski definition) is 3. The summed E-state index contributed by atoms with van der Waals surface area (Å²) in [6.45, 7) is 0.443. The molecule has 0 radical (unpaired) electrons. The topological polar surface area (TPSA) is 123 Å². The molecule has 0 aliphatic carbocycles. The molecule has 2 amide bonds. The maximum Gasteiger partial charge on any atom is 0.251 e. The number of rotatable bonds is 8. The Kier molecular flexibility index (Phi) is 9.30. The summed E-state index contributed by atoms with van der Waals surface area (Å²) in [5.74, 6) is -1.47. The molecule has 0 saturated heterocycles. The van der Waals surface area contributed by atoms with Gasteiger partial charge in [-0.2, -0.15) is 0 Å². The number of aliphatic carboxylic acids is 1. The Bertz CT molecular complexity index is 1070. The number of hydrogen-bond acceptors (Lipinski definition) is 6. The van der Waals surface area contributed by atoms with Crippen LogP contribution in [0.3, 0.4) is 0 Å². The van der Waals surface area contributed by atoms with Crippen molar-refractivity contribution >= 4 is 52.5 Å². The molecule has 8 nitrogen and oxygen atoms in total. The van der Waals surface area contributed by atoms with E-state index in [1.54, 1.807) is 18.2 Å². The number of carbonyl (C=O) groups is 3. The lowest BCUT2D eigenvalue weighted by molar-refractivity contribution is -0.306. The molecule has 0 saturated carbocycles. The minimum atomic E-state index is -1.35. The number of amidine groups is 1. The van der Waals surface area contributed by atoms with Crippen molar-refractivity contribution in [2.24, 2.45) is 4.99 Å². The quantitative estimate of drug-likeness (QED) is 0.510. The van der Waals surface area contributed by atoms with E-state index in [1.165, 1.54) is 18.2 Å². The van der Waals surface area contributed by atoms with Gasteiger partial charge < -0.3 is 25.9 Å². The third kappa shape index (κ3) is 8.04. The first-order valence-corrected chi connectivity index (χ1v) is 11.7. The Morgan fingerprint density at radius 1 is 1.03 bits per heavy atom. The van der Waals surface area contributed by atoms with E-state index < -0.39 is 30.2 Å². The summed E-state index contributed by atoms with van der Waals surface area (Å²) in [5, 5.41) is 20.2. The molecule has 3 N–H and O–H groups in total. The normalized spacial score (nSPS) is 14.4. The fourth-order valence-corrected chi connectivity index (χ4v) is 4.13. The summed E-state index contributed by atoms with van der Waals surface area (Å²) < 4.78 is 0. The van der Waals surface area contributed by atoms with Crippen molar-refractivity contribution in [1.29, 1.82) is 0 Å². The summed E-state index contributed by atoms with van der Waals surface area (Å²) in [6.07, 6.45) is 3.67. The van der Waals surface area contributed by atoms with Gasteiger partial charge in [0.25, 0.3) is 5.91 Å². The molecule has 0 fully saturated rings. The molecule has 180 valence electrons. The smallest absolute Gasteiger partial charge is 0.251 e. The van der Waals surface area contributed by atoms with Crippen molar-refractivity contribution in [1.82, 2.24) is 10.6 Å².